The average Bonchev–Trinajstić information content (AvgIpc) is 2.75. The third kappa shape index (κ3) is 1.69. The molecule has 1 aromatic rings. The van der Waals surface area contributed by atoms with Gasteiger partial charge in [-0.3, -0.25) is 0 Å². The molecule has 14 heavy (non-hydrogen) atoms. The second kappa shape index (κ2) is 3.73. The molecule has 0 aliphatic heterocycles. The molecule has 0 aromatic carbocycles. The predicted octanol–water partition coefficient (Wildman–Crippen LogP) is 2.01. The van der Waals surface area contributed by atoms with Gasteiger partial charge in [0.05, 0.1) is 6.20 Å². The average molecular weight is 194 g/mol. The minimum atomic E-state index is 0.187. The predicted molar refractivity (Wildman–Crippen MR) is 55.1 cm³/mol. The third-order valence-corrected chi connectivity index (χ3v) is 3.17. The summed E-state index contributed by atoms with van der Waals surface area (Å²) in [6.07, 6.45) is 7.62. The van der Waals surface area contributed by atoms with Crippen molar-refractivity contribution in [3.63, 3.8) is 0 Å². The van der Waals surface area contributed by atoms with Crippen molar-refractivity contribution in [1.82, 2.24) is 4.98 Å². The van der Waals surface area contributed by atoms with Gasteiger partial charge in [0.15, 0.2) is 5.89 Å². The summed E-state index contributed by atoms with van der Waals surface area (Å²) in [7, 11) is 0. The lowest BCUT2D eigenvalue weighted by Crippen LogP contribution is -2.16. The Hall–Kier alpha value is -0.830. The fourth-order valence-corrected chi connectivity index (χ4v) is 2.21. The van der Waals surface area contributed by atoms with Gasteiger partial charge in [0.1, 0.15) is 5.76 Å². The van der Waals surface area contributed by atoms with E-state index in [0.717, 1.165) is 18.1 Å². The molecule has 0 bridgehead atoms. The second-order valence-corrected chi connectivity index (χ2v) is 4.44. The van der Waals surface area contributed by atoms with Crippen LogP contribution in [0.3, 0.4) is 0 Å². The Labute approximate surface area is 84.7 Å². The maximum absolute atomic E-state index is 5.72. The molecule has 0 atom stereocenters. The van der Waals surface area contributed by atoms with Crippen LogP contribution in [-0.2, 0) is 11.8 Å². The highest BCUT2D eigenvalue weighted by atomic mass is 16.4. The summed E-state index contributed by atoms with van der Waals surface area (Å²) in [6.45, 7) is 2.88. The van der Waals surface area contributed by atoms with E-state index in [1.54, 1.807) is 0 Å². The van der Waals surface area contributed by atoms with E-state index in [0.29, 0.717) is 6.54 Å². The normalized spacial score (nSPS) is 20.1. The summed E-state index contributed by atoms with van der Waals surface area (Å²) in [6, 6.07) is 0. The van der Waals surface area contributed by atoms with Gasteiger partial charge in [-0.05, 0) is 19.4 Å². The summed E-state index contributed by atoms with van der Waals surface area (Å²) in [5.41, 5.74) is 5.66. The van der Waals surface area contributed by atoms with Crippen molar-refractivity contribution in [3.05, 3.63) is 17.8 Å². The van der Waals surface area contributed by atoms with Gasteiger partial charge in [0.2, 0.25) is 0 Å². The van der Waals surface area contributed by atoms with Gasteiger partial charge < -0.3 is 10.2 Å². The molecule has 78 valence electrons. The first-order chi connectivity index (χ1) is 6.74. The van der Waals surface area contributed by atoms with Gasteiger partial charge in [-0.2, -0.15) is 0 Å². The van der Waals surface area contributed by atoms with E-state index in [-0.39, 0.29) is 5.41 Å². The minimum Gasteiger partial charge on any atom is -0.445 e. The summed E-state index contributed by atoms with van der Waals surface area (Å²) in [5, 5.41) is 0. The van der Waals surface area contributed by atoms with Crippen LogP contribution in [0.15, 0.2) is 10.6 Å². The van der Waals surface area contributed by atoms with Crippen LogP contribution >= 0.6 is 0 Å². The Bertz CT molecular complexity index is 300. The Morgan fingerprint density at radius 2 is 2.21 bits per heavy atom. The SMILES string of the molecule is CC1(c2ncc(CCN)o2)CCCC1. The molecule has 2 N–H and O–H groups in total. The van der Waals surface area contributed by atoms with Gasteiger partial charge >= 0.3 is 0 Å². The van der Waals surface area contributed by atoms with Crippen LogP contribution in [0.25, 0.3) is 0 Å². The lowest BCUT2D eigenvalue weighted by atomic mass is 9.89. The van der Waals surface area contributed by atoms with E-state index in [4.69, 9.17) is 10.2 Å². The van der Waals surface area contributed by atoms with Crippen LogP contribution < -0.4 is 5.73 Å². The Morgan fingerprint density at radius 1 is 1.50 bits per heavy atom. The highest BCUT2D eigenvalue weighted by Crippen LogP contribution is 2.39. The number of rotatable bonds is 3. The number of hydrogen-bond donors (Lipinski definition) is 1. The first-order valence-electron chi connectivity index (χ1n) is 5.40. The van der Waals surface area contributed by atoms with E-state index in [2.05, 4.69) is 11.9 Å². The Balaban J connectivity index is 2.15. The van der Waals surface area contributed by atoms with E-state index in [1.165, 1.54) is 25.7 Å². The van der Waals surface area contributed by atoms with Crippen LogP contribution in [0.4, 0.5) is 0 Å². The molecule has 3 heteroatoms. The third-order valence-electron chi connectivity index (χ3n) is 3.17. The van der Waals surface area contributed by atoms with Gasteiger partial charge in [-0.15, -0.1) is 0 Å². The van der Waals surface area contributed by atoms with Gasteiger partial charge in [-0.1, -0.05) is 19.8 Å². The number of nitrogens with two attached hydrogens (primary N) is 1. The summed E-state index contributed by atoms with van der Waals surface area (Å²) < 4.78 is 5.72. The zero-order chi connectivity index (χ0) is 10.0. The zero-order valence-electron chi connectivity index (χ0n) is 8.75. The molecule has 1 aliphatic carbocycles. The summed E-state index contributed by atoms with van der Waals surface area (Å²) >= 11 is 0. The first-order valence-corrected chi connectivity index (χ1v) is 5.40. The van der Waals surface area contributed by atoms with Crippen LogP contribution in [0.1, 0.15) is 44.3 Å². The number of hydrogen-bond acceptors (Lipinski definition) is 3. The fraction of sp³-hybridized carbons (Fsp3) is 0.727. The first kappa shape index (κ1) is 9.71. The molecule has 0 radical (unpaired) electrons. The smallest absolute Gasteiger partial charge is 0.200 e. The molecule has 1 fully saturated rings. The second-order valence-electron chi connectivity index (χ2n) is 4.44. The number of aromatic nitrogens is 1. The quantitative estimate of drug-likeness (QED) is 0.800. The standard InChI is InChI=1S/C11H18N2O/c1-11(5-2-3-6-11)10-13-8-9(14-10)4-7-12/h8H,2-7,12H2,1H3. The van der Waals surface area contributed by atoms with Crippen molar-refractivity contribution in [2.24, 2.45) is 5.73 Å². The van der Waals surface area contributed by atoms with Crippen molar-refractivity contribution < 1.29 is 4.42 Å². The summed E-state index contributed by atoms with van der Waals surface area (Å²) in [4.78, 5) is 4.37. The van der Waals surface area contributed by atoms with E-state index < -0.39 is 0 Å². The molecule has 0 spiro atoms. The van der Waals surface area contributed by atoms with Gasteiger partial charge in [0, 0.05) is 11.8 Å². The van der Waals surface area contributed by atoms with Crippen LogP contribution in [0, 0.1) is 0 Å². The molecule has 2 rings (SSSR count). The molecule has 1 aliphatic rings. The lowest BCUT2D eigenvalue weighted by Gasteiger charge is -2.18. The highest BCUT2D eigenvalue weighted by molar-refractivity contribution is 5.08. The molecule has 0 unspecified atom stereocenters. The van der Waals surface area contributed by atoms with Crippen molar-refractivity contribution >= 4 is 0 Å². The van der Waals surface area contributed by atoms with Crippen molar-refractivity contribution in [3.8, 4) is 0 Å². The van der Waals surface area contributed by atoms with E-state index >= 15 is 0 Å². The summed E-state index contributed by atoms with van der Waals surface area (Å²) in [5.74, 6) is 1.84. The molecule has 1 aromatic heterocycles. The van der Waals surface area contributed by atoms with Crippen molar-refractivity contribution in [2.75, 3.05) is 6.54 Å². The molecule has 1 heterocycles. The molecule has 0 saturated heterocycles. The molecule has 3 nitrogen and oxygen atoms in total. The lowest BCUT2D eigenvalue weighted by molar-refractivity contribution is 0.337. The molecular formula is C11H18N2O. The largest absolute Gasteiger partial charge is 0.445 e. The van der Waals surface area contributed by atoms with Crippen molar-refractivity contribution in [1.29, 1.82) is 0 Å². The fourth-order valence-electron chi connectivity index (χ4n) is 2.21. The molecule has 0 amide bonds. The molecular weight excluding hydrogens is 176 g/mol. The Kier molecular flexibility index (Phi) is 2.59. The topological polar surface area (TPSA) is 52.0 Å². The van der Waals surface area contributed by atoms with E-state index in [9.17, 15) is 0 Å². The molecule has 1 saturated carbocycles. The van der Waals surface area contributed by atoms with E-state index in [1.807, 2.05) is 6.20 Å². The Morgan fingerprint density at radius 3 is 2.86 bits per heavy atom. The number of nitrogens with zero attached hydrogens (tertiary/aromatic N) is 1. The van der Waals surface area contributed by atoms with Gasteiger partial charge in [-0.25, -0.2) is 4.98 Å². The zero-order valence-corrected chi connectivity index (χ0v) is 8.75. The minimum absolute atomic E-state index is 0.187. The van der Waals surface area contributed by atoms with Crippen LogP contribution in [-0.4, -0.2) is 11.5 Å². The maximum Gasteiger partial charge on any atom is 0.200 e. The van der Waals surface area contributed by atoms with Crippen molar-refractivity contribution in [2.45, 2.75) is 44.4 Å². The van der Waals surface area contributed by atoms with Gasteiger partial charge in [0.25, 0.3) is 0 Å². The maximum atomic E-state index is 5.72. The highest BCUT2D eigenvalue weighted by Gasteiger charge is 2.34. The number of oxazole rings is 1. The van der Waals surface area contributed by atoms with Crippen LogP contribution in [0.5, 0.6) is 0 Å². The van der Waals surface area contributed by atoms with Crippen LogP contribution in [0.2, 0.25) is 0 Å². The monoisotopic (exact) mass is 194 g/mol.